The molecule has 0 unspecified atom stereocenters. The zero-order chi connectivity index (χ0) is 27.8. The van der Waals surface area contributed by atoms with Gasteiger partial charge in [-0.2, -0.15) is 0 Å². The molecule has 2 amide bonds. The van der Waals surface area contributed by atoms with Gasteiger partial charge < -0.3 is 14.8 Å². The lowest BCUT2D eigenvalue weighted by molar-refractivity contribution is -0.122. The largest absolute Gasteiger partial charge is 0.338 e. The lowest BCUT2D eigenvalue weighted by Crippen LogP contribution is -2.54. The highest BCUT2D eigenvalue weighted by Gasteiger charge is 2.37. The van der Waals surface area contributed by atoms with E-state index in [1.165, 1.54) is 29.3 Å². The summed E-state index contributed by atoms with van der Waals surface area (Å²) >= 11 is 6.17. The van der Waals surface area contributed by atoms with E-state index in [0.717, 1.165) is 18.7 Å². The molecule has 202 valence electrons. The molecule has 1 aliphatic heterocycles. The number of aryl methyl sites for hydroxylation is 1. The lowest BCUT2D eigenvalue weighted by Gasteiger charge is -2.33. The van der Waals surface area contributed by atoms with Crippen molar-refractivity contribution < 1.29 is 14.0 Å². The smallest absolute Gasteiger partial charge is 0.272 e. The molecule has 3 heterocycles. The van der Waals surface area contributed by atoms with Gasteiger partial charge in [-0.15, -0.1) is 0 Å². The maximum absolute atomic E-state index is 14.9. The van der Waals surface area contributed by atoms with E-state index in [1.807, 2.05) is 39.3 Å². The number of aromatic nitrogens is 4. The van der Waals surface area contributed by atoms with Crippen molar-refractivity contribution in [3.05, 3.63) is 58.5 Å². The number of hydrogen-bond donors (Lipinski definition) is 1. The first-order chi connectivity index (χ1) is 17.9. The number of anilines is 1. The van der Waals surface area contributed by atoms with Gasteiger partial charge in [0.1, 0.15) is 17.7 Å². The number of likely N-dealkylation sites (N-methyl/N-ethyl adjacent to an activating group) is 1. The SMILES string of the molecule is Cc1cnc(N(C)C(=O)[C@@H](NC(=O)c2nc(-c3cc(Cl)ccc3F)n3c2CN(C)CCC3)C(C)(C)C)cn1. The van der Waals surface area contributed by atoms with Gasteiger partial charge in [-0.05, 0) is 50.6 Å². The predicted octanol–water partition coefficient (Wildman–Crippen LogP) is 4.08. The zero-order valence-corrected chi connectivity index (χ0v) is 23.3. The summed E-state index contributed by atoms with van der Waals surface area (Å²) < 4.78 is 16.8. The van der Waals surface area contributed by atoms with Crippen LogP contribution in [-0.4, -0.2) is 62.9 Å². The number of rotatable bonds is 5. The summed E-state index contributed by atoms with van der Waals surface area (Å²) in [6, 6.07) is 3.39. The van der Waals surface area contributed by atoms with Crippen LogP contribution >= 0.6 is 11.6 Å². The maximum Gasteiger partial charge on any atom is 0.272 e. The first-order valence-electron chi connectivity index (χ1n) is 12.5. The molecule has 0 aliphatic carbocycles. The van der Waals surface area contributed by atoms with Crippen molar-refractivity contribution >= 4 is 29.2 Å². The number of fused-ring (bicyclic) bond motifs is 1. The molecule has 2 aromatic heterocycles. The minimum Gasteiger partial charge on any atom is -0.338 e. The van der Waals surface area contributed by atoms with E-state index in [0.29, 0.717) is 35.4 Å². The molecule has 38 heavy (non-hydrogen) atoms. The minimum atomic E-state index is -0.893. The molecule has 1 aliphatic rings. The van der Waals surface area contributed by atoms with Crippen molar-refractivity contribution in [2.45, 2.75) is 53.2 Å². The molecule has 0 fully saturated rings. The van der Waals surface area contributed by atoms with Crippen molar-refractivity contribution in [2.75, 3.05) is 25.5 Å². The Morgan fingerprint density at radius 2 is 1.92 bits per heavy atom. The Bertz CT molecular complexity index is 1350. The van der Waals surface area contributed by atoms with E-state index in [9.17, 15) is 14.0 Å². The summed E-state index contributed by atoms with van der Waals surface area (Å²) in [6.45, 7) is 9.26. The van der Waals surface area contributed by atoms with Gasteiger partial charge in [-0.1, -0.05) is 32.4 Å². The van der Waals surface area contributed by atoms with Gasteiger partial charge in [0.05, 0.1) is 29.3 Å². The first-order valence-corrected chi connectivity index (χ1v) is 12.8. The van der Waals surface area contributed by atoms with E-state index in [-0.39, 0.29) is 17.2 Å². The van der Waals surface area contributed by atoms with Crippen LogP contribution in [0.2, 0.25) is 5.02 Å². The highest BCUT2D eigenvalue weighted by atomic mass is 35.5. The van der Waals surface area contributed by atoms with E-state index < -0.39 is 23.2 Å². The number of carbonyl (C=O) groups excluding carboxylic acids is 2. The number of amides is 2. The van der Waals surface area contributed by atoms with Gasteiger partial charge >= 0.3 is 0 Å². The molecule has 4 rings (SSSR count). The Labute approximate surface area is 227 Å². The molecule has 11 heteroatoms. The summed E-state index contributed by atoms with van der Waals surface area (Å²) in [7, 11) is 3.56. The second kappa shape index (κ2) is 10.8. The minimum absolute atomic E-state index is 0.160. The van der Waals surface area contributed by atoms with Crippen LogP contribution in [0, 0.1) is 18.2 Å². The summed E-state index contributed by atoms with van der Waals surface area (Å²) in [6.07, 6.45) is 3.91. The van der Waals surface area contributed by atoms with Crippen LogP contribution in [0.25, 0.3) is 11.4 Å². The predicted molar refractivity (Wildman–Crippen MR) is 144 cm³/mol. The van der Waals surface area contributed by atoms with E-state index in [1.54, 1.807) is 13.2 Å². The standard InChI is InChI=1S/C27H33ClFN7O2/c1-16-13-31-21(14-30-16)35(6)26(38)23(27(2,3)4)33-25(37)22-20-15-34(5)10-7-11-36(20)24(32-22)18-12-17(28)8-9-19(18)29/h8-9,12-14,23H,7,10-11,15H2,1-6H3,(H,33,37)/t23-/m1/s1. The zero-order valence-electron chi connectivity index (χ0n) is 22.5. The van der Waals surface area contributed by atoms with Crippen LogP contribution in [0.4, 0.5) is 10.2 Å². The first kappa shape index (κ1) is 27.7. The quantitative estimate of drug-likeness (QED) is 0.523. The molecule has 0 saturated carbocycles. The molecular weight excluding hydrogens is 509 g/mol. The van der Waals surface area contributed by atoms with Crippen molar-refractivity contribution in [1.82, 2.24) is 29.7 Å². The van der Waals surface area contributed by atoms with E-state index >= 15 is 0 Å². The number of imidazole rings is 1. The molecule has 0 saturated heterocycles. The van der Waals surface area contributed by atoms with Crippen LogP contribution in [0.5, 0.6) is 0 Å². The number of halogens is 2. The van der Waals surface area contributed by atoms with Gasteiger partial charge in [-0.25, -0.2) is 14.4 Å². The monoisotopic (exact) mass is 541 g/mol. The molecule has 0 bridgehead atoms. The van der Waals surface area contributed by atoms with Crippen LogP contribution in [0.1, 0.15) is 49.1 Å². The summed E-state index contributed by atoms with van der Waals surface area (Å²) in [5, 5.41) is 3.29. The van der Waals surface area contributed by atoms with Crippen LogP contribution in [0.15, 0.2) is 30.6 Å². The highest BCUT2D eigenvalue weighted by molar-refractivity contribution is 6.30. The lowest BCUT2D eigenvalue weighted by atomic mass is 9.85. The normalized spacial score (nSPS) is 14.9. The Hall–Kier alpha value is -3.37. The van der Waals surface area contributed by atoms with Gasteiger partial charge in [0.25, 0.3) is 11.8 Å². The molecule has 0 spiro atoms. The topological polar surface area (TPSA) is 96.2 Å². The van der Waals surface area contributed by atoms with Crippen molar-refractivity contribution in [3.8, 4) is 11.4 Å². The second-order valence-corrected chi connectivity index (χ2v) is 11.2. The Morgan fingerprint density at radius 3 is 2.58 bits per heavy atom. The van der Waals surface area contributed by atoms with Crippen molar-refractivity contribution in [1.29, 1.82) is 0 Å². The van der Waals surface area contributed by atoms with Crippen LogP contribution in [0.3, 0.4) is 0 Å². The third-order valence-corrected chi connectivity index (χ3v) is 6.86. The fourth-order valence-corrected chi connectivity index (χ4v) is 4.66. The van der Waals surface area contributed by atoms with Gasteiger partial charge in [0.2, 0.25) is 0 Å². The average Bonchev–Trinajstić information content (AvgIpc) is 3.08. The maximum atomic E-state index is 14.9. The van der Waals surface area contributed by atoms with Gasteiger partial charge in [-0.3, -0.25) is 19.5 Å². The van der Waals surface area contributed by atoms with Gasteiger partial charge in [0.15, 0.2) is 11.5 Å². The third-order valence-electron chi connectivity index (χ3n) is 6.63. The fraction of sp³-hybridized carbons (Fsp3) is 0.444. The summed E-state index contributed by atoms with van der Waals surface area (Å²) in [4.78, 5) is 44.0. The third kappa shape index (κ3) is 5.71. The molecule has 9 nitrogen and oxygen atoms in total. The Morgan fingerprint density at radius 1 is 1.18 bits per heavy atom. The molecule has 1 N–H and O–H groups in total. The Kier molecular flexibility index (Phi) is 7.85. The number of hydrogen-bond acceptors (Lipinski definition) is 6. The van der Waals surface area contributed by atoms with E-state index in [4.69, 9.17) is 11.6 Å². The summed E-state index contributed by atoms with van der Waals surface area (Å²) in [5.74, 6) is -0.608. The fourth-order valence-electron chi connectivity index (χ4n) is 4.49. The molecule has 1 atom stereocenters. The number of nitrogens with zero attached hydrogens (tertiary/aromatic N) is 6. The molecule has 3 aromatic rings. The second-order valence-electron chi connectivity index (χ2n) is 10.8. The molecule has 1 aromatic carbocycles. The number of benzene rings is 1. The van der Waals surface area contributed by atoms with Crippen molar-refractivity contribution in [3.63, 3.8) is 0 Å². The number of carbonyl (C=O) groups is 2. The summed E-state index contributed by atoms with van der Waals surface area (Å²) in [5.41, 5.74) is 1.15. The van der Waals surface area contributed by atoms with Crippen LogP contribution < -0.4 is 10.2 Å². The molecule has 0 radical (unpaired) electrons. The molecular formula is C27H33ClFN7O2. The van der Waals surface area contributed by atoms with E-state index in [2.05, 4.69) is 25.2 Å². The number of nitrogens with one attached hydrogen (secondary N) is 1. The Balaban J connectivity index is 1.72. The van der Waals surface area contributed by atoms with Gasteiger partial charge in [0, 0.05) is 25.2 Å². The highest BCUT2D eigenvalue weighted by Crippen LogP contribution is 2.30. The average molecular weight is 542 g/mol. The van der Waals surface area contributed by atoms with Crippen molar-refractivity contribution in [2.24, 2.45) is 5.41 Å². The van der Waals surface area contributed by atoms with Crippen LogP contribution in [-0.2, 0) is 17.9 Å².